The van der Waals surface area contributed by atoms with Gasteiger partial charge in [0.1, 0.15) is 17.0 Å². The van der Waals surface area contributed by atoms with Crippen LogP contribution in [0.2, 0.25) is 0 Å². The summed E-state index contributed by atoms with van der Waals surface area (Å²) in [6, 6.07) is 17.3. The Hall–Kier alpha value is -2.92. The Balaban J connectivity index is 1.46. The van der Waals surface area contributed by atoms with Crippen LogP contribution in [-0.4, -0.2) is 23.1 Å². The van der Waals surface area contributed by atoms with Crippen molar-refractivity contribution in [2.24, 2.45) is 0 Å². The van der Waals surface area contributed by atoms with Crippen molar-refractivity contribution in [3.63, 3.8) is 0 Å². The molecule has 3 heterocycles. The van der Waals surface area contributed by atoms with E-state index in [9.17, 15) is 0 Å². The number of hydrogen-bond acceptors (Lipinski definition) is 5. The summed E-state index contributed by atoms with van der Waals surface area (Å²) < 4.78 is 0. The second-order valence-corrected chi connectivity index (χ2v) is 8.50. The Bertz CT molecular complexity index is 1110. The lowest BCUT2D eigenvalue weighted by Gasteiger charge is -2.28. The Kier molecular flexibility index (Phi) is 4.90. The van der Waals surface area contributed by atoms with Gasteiger partial charge in [-0.3, -0.25) is 0 Å². The van der Waals surface area contributed by atoms with Crippen molar-refractivity contribution >= 4 is 38.7 Å². The molecule has 5 heteroatoms. The number of aryl methyl sites for hydroxylation is 1. The minimum absolute atomic E-state index is 0.859. The van der Waals surface area contributed by atoms with E-state index in [2.05, 4.69) is 81.0 Å². The molecule has 2 aromatic carbocycles. The monoisotopic (exact) mass is 400 g/mol. The second-order valence-electron chi connectivity index (χ2n) is 7.64. The highest BCUT2D eigenvalue weighted by atomic mass is 32.1. The number of anilines is 3. The summed E-state index contributed by atoms with van der Waals surface area (Å²) in [6.45, 7) is 4.43. The molecule has 0 bridgehead atoms. The van der Waals surface area contributed by atoms with Crippen molar-refractivity contribution in [1.29, 1.82) is 0 Å². The van der Waals surface area contributed by atoms with E-state index in [4.69, 9.17) is 0 Å². The van der Waals surface area contributed by atoms with E-state index in [1.807, 2.05) is 0 Å². The molecule has 0 aliphatic carbocycles. The molecule has 146 valence electrons. The molecule has 0 spiro atoms. The van der Waals surface area contributed by atoms with Crippen molar-refractivity contribution in [3.8, 4) is 11.1 Å². The number of rotatable bonds is 4. The van der Waals surface area contributed by atoms with Crippen LogP contribution in [0.3, 0.4) is 0 Å². The van der Waals surface area contributed by atoms with Gasteiger partial charge in [-0.25, -0.2) is 9.97 Å². The molecule has 2 aromatic heterocycles. The molecule has 0 amide bonds. The zero-order valence-electron chi connectivity index (χ0n) is 16.6. The molecule has 4 aromatic rings. The average Bonchev–Trinajstić information content (AvgIpc) is 3.21. The largest absolute Gasteiger partial charge is 0.372 e. The van der Waals surface area contributed by atoms with E-state index in [1.54, 1.807) is 17.7 Å². The van der Waals surface area contributed by atoms with Crippen molar-refractivity contribution in [1.82, 2.24) is 9.97 Å². The van der Waals surface area contributed by atoms with Gasteiger partial charge < -0.3 is 10.2 Å². The third-order valence-corrected chi connectivity index (χ3v) is 6.47. The van der Waals surface area contributed by atoms with E-state index in [0.717, 1.165) is 34.8 Å². The summed E-state index contributed by atoms with van der Waals surface area (Å²) in [7, 11) is 0. The van der Waals surface area contributed by atoms with E-state index in [-0.39, 0.29) is 0 Å². The van der Waals surface area contributed by atoms with Gasteiger partial charge in [0.2, 0.25) is 0 Å². The molecule has 1 N–H and O–H groups in total. The van der Waals surface area contributed by atoms with Crippen LogP contribution in [0.5, 0.6) is 0 Å². The van der Waals surface area contributed by atoms with Gasteiger partial charge in [0, 0.05) is 35.4 Å². The fourth-order valence-electron chi connectivity index (χ4n) is 3.96. The summed E-state index contributed by atoms with van der Waals surface area (Å²) >= 11 is 1.66. The minimum Gasteiger partial charge on any atom is -0.372 e. The number of thiophene rings is 1. The molecule has 1 aliphatic rings. The van der Waals surface area contributed by atoms with Crippen molar-refractivity contribution in [2.75, 3.05) is 23.3 Å². The van der Waals surface area contributed by atoms with Crippen LogP contribution in [0, 0.1) is 6.92 Å². The number of nitrogens with zero attached hydrogens (tertiary/aromatic N) is 3. The molecule has 1 fully saturated rings. The van der Waals surface area contributed by atoms with Crippen LogP contribution < -0.4 is 10.2 Å². The number of piperidine rings is 1. The maximum Gasteiger partial charge on any atom is 0.143 e. The summed E-state index contributed by atoms with van der Waals surface area (Å²) in [4.78, 5) is 12.5. The highest BCUT2D eigenvalue weighted by molar-refractivity contribution is 7.17. The van der Waals surface area contributed by atoms with E-state index in [0.29, 0.717) is 0 Å². The van der Waals surface area contributed by atoms with Crippen molar-refractivity contribution < 1.29 is 0 Å². The standard InChI is InChI=1S/C24H24N4S/c1-17-5-7-18(8-6-17)21-15-29-24-22(21)23(25-16-26-24)27-19-9-11-20(12-10-19)28-13-3-2-4-14-28/h5-12,15-16H,2-4,13-14H2,1H3,(H,25,26,27). The number of aromatic nitrogens is 2. The molecule has 0 saturated carbocycles. The number of benzene rings is 2. The Morgan fingerprint density at radius 1 is 0.897 bits per heavy atom. The lowest BCUT2D eigenvalue weighted by molar-refractivity contribution is 0.578. The fourth-order valence-corrected chi connectivity index (χ4v) is 4.88. The average molecular weight is 401 g/mol. The van der Waals surface area contributed by atoms with Gasteiger partial charge in [-0.1, -0.05) is 29.8 Å². The quantitative estimate of drug-likeness (QED) is 0.430. The number of hydrogen-bond donors (Lipinski definition) is 1. The minimum atomic E-state index is 0.859. The molecule has 0 unspecified atom stereocenters. The highest BCUT2D eigenvalue weighted by Gasteiger charge is 2.14. The topological polar surface area (TPSA) is 41.1 Å². The predicted molar refractivity (Wildman–Crippen MR) is 123 cm³/mol. The Morgan fingerprint density at radius 3 is 2.41 bits per heavy atom. The third-order valence-electron chi connectivity index (χ3n) is 5.58. The van der Waals surface area contributed by atoms with Crippen LogP contribution in [0.1, 0.15) is 24.8 Å². The molecule has 29 heavy (non-hydrogen) atoms. The van der Waals surface area contributed by atoms with Crippen LogP contribution in [0.15, 0.2) is 60.2 Å². The number of fused-ring (bicyclic) bond motifs is 1. The molecule has 0 radical (unpaired) electrons. The summed E-state index contributed by atoms with van der Waals surface area (Å²) in [5.74, 6) is 0.859. The number of nitrogens with one attached hydrogen (secondary N) is 1. The first-order valence-electron chi connectivity index (χ1n) is 10.2. The van der Waals surface area contributed by atoms with Crippen molar-refractivity contribution in [2.45, 2.75) is 26.2 Å². The Labute approximate surface area is 175 Å². The molecule has 1 saturated heterocycles. The maximum absolute atomic E-state index is 4.56. The van der Waals surface area contributed by atoms with Gasteiger partial charge in [-0.15, -0.1) is 11.3 Å². The maximum atomic E-state index is 4.56. The van der Waals surface area contributed by atoms with E-state index >= 15 is 0 Å². The van der Waals surface area contributed by atoms with Crippen LogP contribution in [0.25, 0.3) is 21.3 Å². The highest BCUT2D eigenvalue weighted by Crippen LogP contribution is 2.37. The van der Waals surface area contributed by atoms with Crippen LogP contribution in [0.4, 0.5) is 17.2 Å². The first kappa shape index (κ1) is 18.1. The lowest BCUT2D eigenvalue weighted by atomic mass is 10.0. The lowest BCUT2D eigenvalue weighted by Crippen LogP contribution is -2.29. The molecule has 0 atom stereocenters. The Morgan fingerprint density at radius 2 is 1.66 bits per heavy atom. The summed E-state index contributed by atoms with van der Waals surface area (Å²) in [6.07, 6.45) is 5.57. The first-order chi connectivity index (χ1) is 14.3. The van der Waals surface area contributed by atoms with Crippen LogP contribution in [-0.2, 0) is 0 Å². The third kappa shape index (κ3) is 3.70. The van der Waals surface area contributed by atoms with Crippen molar-refractivity contribution in [3.05, 3.63) is 65.8 Å². The first-order valence-corrected chi connectivity index (χ1v) is 11.1. The van der Waals surface area contributed by atoms with Gasteiger partial charge in [0.15, 0.2) is 0 Å². The van der Waals surface area contributed by atoms with E-state index in [1.165, 1.54) is 41.6 Å². The fraction of sp³-hybridized carbons (Fsp3) is 0.250. The van der Waals surface area contributed by atoms with Gasteiger partial charge in [-0.2, -0.15) is 0 Å². The van der Waals surface area contributed by atoms with Gasteiger partial charge in [0.25, 0.3) is 0 Å². The SMILES string of the molecule is Cc1ccc(-c2csc3ncnc(Nc4ccc(N5CCCCC5)cc4)c23)cc1. The second kappa shape index (κ2) is 7.84. The van der Waals surface area contributed by atoms with Gasteiger partial charge in [-0.05, 0) is 56.0 Å². The smallest absolute Gasteiger partial charge is 0.143 e. The van der Waals surface area contributed by atoms with Gasteiger partial charge in [0.05, 0.1) is 5.39 Å². The van der Waals surface area contributed by atoms with Crippen LogP contribution >= 0.6 is 11.3 Å². The van der Waals surface area contributed by atoms with Gasteiger partial charge >= 0.3 is 0 Å². The normalized spacial score (nSPS) is 14.3. The van der Waals surface area contributed by atoms with E-state index < -0.39 is 0 Å². The molecule has 1 aliphatic heterocycles. The summed E-state index contributed by atoms with van der Waals surface area (Å²) in [5.41, 5.74) is 5.99. The molecular formula is C24H24N4S. The summed E-state index contributed by atoms with van der Waals surface area (Å²) in [5, 5.41) is 6.78. The zero-order chi connectivity index (χ0) is 19.6. The zero-order valence-corrected chi connectivity index (χ0v) is 17.4. The molecular weight excluding hydrogens is 376 g/mol. The molecule has 4 nitrogen and oxygen atoms in total. The predicted octanol–water partition coefficient (Wildman–Crippen LogP) is 6.40. The molecule has 5 rings (SSSR count).